The zero-order valence-corrected chi connectivity index (χ0v) is 17.3. The summed E-state index contributed by atoms with van der Waals surface area (Å²) in [6.45, 7) is 1.33. The molecule has 2 N–H and O–H groups in total. The van der Waals surface area contributed by atoms with E-state index >= 15 is 0 Å². The lowest BCUT2D eigenvalue weighted by atomic mass is 9.73. The van der Waals surface area contributed by atoms with E-state index in [2.05, 4.69) is 10.6 Å². The van der Waals surface area contributed by atoms with Crippen LogP contribution in [-0.4, -0.2) is 59.2 Å². The van der Waals surface area contributed by atoms with Crippen LogP contribution in [0.3, 0.4) is 0 Å². The molecule has 8 nitrogen and oxygen atoms in total. The average Bonchev–Trinajstić information content (AvgIpc) is 2.91. The van der Waals surface area contributed by atoms with Crippen molar-refractivity contribution in [1.82, 2.24) is 15.1 Å². The minimum Gasteiger partial charge on any atom is -0.335 e. The van der Waals surface area contributed by atoms with Crippen LogP contribution >= 0.6 is 11.6 Å². The maximum Gasteiger partial charge on any atom is 0.325 e. The molecule has 1 aromatic carbocycles. The molecule has 5 amide bonds. The summed E-state index contributed by atoms with van der Waals surface area (Å²) in [5, 5.41) is 5.84. The Bertz CT molecular complexity index is 846. The molecule has 156 valence electrons. The summed E-state index contributed by atoms with van der Waals surface area (Å²) in [5.74, 6) is -1.25. The number of urea groups is 1. The van der Waals surface area contributed by atoms with Crippen LogP contribution in [0.1, 0.15) is 32.6 Å². The Kier molecular flexibility index (Phi) is 6.12. The Labute approximate surface area is 174 Å². The van der Waals surface area contributed by atoms with E-state index < -0.39 is 29.9 Å². The Hall–Kier alpha value is -2.61. The van der Waals surface area contributed by atoms with Crippen LogP contribution in [0, 0.1) is 5.92 Å². The van der Waals surface area contributed by atoms with Crippen LogP contribution in [0.5, 0.6) is 0 Å². The lowest BCUT2D eigenvalue weighted by Gasteiger charge is -2.36. The zero-order chi connectivity index (χ0) is 21.2. The molecule has 1 saturated carbocycles. The highest BCUT2D eigenvalue weighted by molar-refractivity contribution is 6.33. The van der Waals surface area contributed by atoms with Crippen LogP contribution in [0.2, 0.25) is 5.02 Å². The van der Waals surface area contributed by atoms with Gasteiger partial charge in [0.05, 0.1) is 17.3 Å². The third kappa shape index (κ3) is 4.22. The molecule has 0 unspecified atom stereocenters. The van der Waals surface area contributed by atoms with E-state index in [-0.39, 0.29) is 18.4 Å². The van der Waals surface area contributed by atoms with Crippen molar-refractivity contribution in [2.75, 3.05) is 25.5 Å². The lowest BCUT2D eigenvalue weighted by Crippen LogP contribution is -2.54. The smallest absolute Gasteiger partial charge is 0.325 e. The Balaban J connectivity index is 1.59. The number of nitrogens with one attached hydrogen (secondary N) is 2. The van der Waals surface area contributed by atoms with Crippen molar-refractivity contribution in [3.05, 3.63) is 29.3 Å². The monoisotopic (exact) mass is 420 g/mol. The molecule has 0 radical (unpaired) electrons. The van der Waals surface area contributed by atoms with Crippen LogP contribution in [0.15, 0.2) is 24.3 Å². The first-order chi connectivity index (χ1) is 13.7. The van der Waals surface area contributed by atoms with Crippen molar-refractivity contribution in [1.29, 1.82) is 0 Å². The molecule has 29 heavy (non-hydrogen) atoms. The maximum absolute atomic E-state index is 12.9. The number of anilines is 1. The Morgan fingerprint density at radius 2 is 2.03 bits per heavy atom. The largest absolute Gasteiger partial charge is 0.335 e. The topological polar surface area (TPSA) is 98.8 Å². The third-order valence-electron chi connectivity index (χ3n) is 5.75. The molecule has 9 heteroatoms. The molecular weight excluding hydrogens is 396 g/mol. The van der Waals surface area contributed by atoms with E-state index in [0.29, 0.717) is 17.1 Å². The highest BCUT2D eigenvalue weighted by atomic mass is 35.5. The molecule has 1 aliphatic heterocycles. The SMILES string of the molecule is C[C@@H]1CCCC[C@@]12NC(=O)N(CC(=O)N(C)CC(=O)Nc1ccccc1Cl)C2=O. The second-order valence-electron chi connectivity index (χ2n) is 7.72. The summed E-state index contributed by atoms with van der Waals surface area (Å²) in [4.78, 5) is 52.2. The fourth-order valence-electron chi connectivity index (χ4n) is 3.95. The molecule has 3 rings (SSSR count). The number of amides is 5. The van der Waals surface area contributed by atoms with Gasteiger partial charge in [-0.2, -0.15) is 0 Å². The summed E-state index contributed by atoms with van der Waals surface area (Å²) in [5.41, 5.74) is -0.461. The summed E-state index contributed by atoms with van der Waals surface area (Å²) in [6.07, 6.45) is 3.32. The number of para-hydroxylation sites is 1. The summed E-state index contributed by atoms with van der Waals surface area (Å²) in [6, 6.07) is 6.22. The molecule has 2 atom stereocenters. The molecular formula is C20H25ClN4O4. The molecule has 1 saturated heterocycles. The van der Waals surface area contributed by atoms with Gasteiger partial charge in [-0.25, -0.2) is 4.79 Å². The number of hydrogen-bond donors (Lipinski definition) is 2. The van der Waals surface area contributed by atoms with Crippen LogP contribution in [-0.2, 0) is 14.4 Å². The standard InChI is InChI=1S/C20H25ClN4O4/c1-13-7-5-6-10-20(13)18(28)25(19(29)23-20)12-17(27)24(2)11-16(26)22-15-9-4-3-8-14(15)21/h3-4,8-9,13H,5-7,10-12H2,1-2H3,(H,22,26)(H,23,29)/t13-,20-/m1/s1. The van der Waals surface area contributed by atoms with Gasteiger partial charge in [0.1, 0.15) is 12.1 Å². The second-order valence-corrected chi connectivity index (χ2v) is 8.12. The molecule has 2 aliphatic rings. The minimum absolute atomic E-state index is 0.0203. The van der Waals surface area contributed by atoms with Crippen molar-refractivity contribution in [2.24, 2.45) is 5.92 Å². The number of rotatable bonds is 5. The minimum atomic E-state index is -0.907. The van der Waals surface area contributed by atoms with Gasteiger partial charge in [-0.1, -0.05) is 43.5 Å². The van der Waals surface area contributed by atoms with Crippen molar-refractivity contribution in [2.45, 2.75) is 38.1 Å². The van der Waals surface area contributed by atoms with Gasteiger partial charge in [-0.05, 0) is 30.9 Å². The molecule has 1 spiro atoms. The van der Waals surface area contributed by atoms with Gasteiger partial charge < -0.3 is 15.5 Å². The van der Waals surface area contributed by atoms with Gasteiger partial charge in [0.15, 0.2) is 0 Å². The number of carbonyl (C=O) groups excluding carboxylic acids is 4. The predicted octanol–water partition coefficient (Wildman–Crippen LogP) is 2.24. The maximum atomic E-state index is 12.9. The molecule has 1 aromatic rings. The molecule has 0 aromatic heterocycles. The van der Waals surface area contributed by atoms with E-state index in [1.54, 1.807) is 24.3 Å². The van der Waals surface area contributed by atoms with E-state index in [1.807, 2.05) is 6.92 Å². The van der Waals surface area contributed by atoms with Gasteiger partial charge in [0.2, 0.25) is 11.8 Å². The molecule has 2 fully saturated rings. The number of nitrogens with zero attached hydrogens (tertiary/aromatic N) is 2. The highest BCUT2D eigenvalue weighted by Gasteiger charge is 2.55. The number of halogens is 1. The predicted molar refractivity (Wildman–Crippen MR) is 108 cm³/mol. The van der Waals surface area contributed by atoms with E-state index in [1.165, 1.54) is 11.9 Å². The van der Waals surface area contributed by atoms with Gasteiger partial charge in [0, 0.05) is 7.05 Å². The van der Waals surface area contributed by atoms with Crippen LogP contribution in [0.25, 0.3) is 0 Å². The quantitative estimate of drug-likeness (QED) is 0.713. The summed E-state index contributed by atoms with van der Waals surface area (Å²) < 4.78 is 0. The Morgan fingerprint density at radius 1 is 1.31 bits per heavy atom. The lowest BCUT2D eigenvalue weighted by molar-refractivity contribution is -0.140. The van der Waals surface area contributed by atoms with Gasteiger partial charge in [-0.15, -0.1) is 0 Å². The first kappa shape index (κ1) is 21.1. The molecule has 0 bridgehead atoms. The van der Waals surface area contributed by atoms with Crippen molar-refractivity contribution in [3.8, 4) is 0 Å². The molecule has 1 heterocycles. The summed E-state index contributed by atoms with van der Waals surface area (Å²) >= 11 is 6.01. The first-order valence-electron chi connectivity index (χ1n) is 9.67. The Morgan fingerprint density at radius 3 is 2.72 bits per heavy atom. The average molecular weight is 421 g/mol. The van der Waals surface area contributed by atoms with Crippen molar-refractivity contribution >= 4 is 41.0 Å². The van der Waals surface area contributed by atoms with Gasteiger partial charge in [0.25, 0.3) is 5.91 Å². The van der Waals surface area contributed by atoms with Crippen molar-refractivity contribution < 1.29 is 19.2 Å². The number of carbonyl (C=O) groups is 4. The van der Waals surface area contributed by atoms with Crippen LogP contribution in [0.4, 0.5) is 10.5 Å². The fourth-order valence-corrected chi connectivity index (χ4v) is 4.13. The molecule has 1 aliphatic carbocycles. The van der Waals surface area contributed by atoms with Gasteiger partial charge in [-0.3, -0.25) is 19.3 Å². The van der Waals surface area contributed by atoms with E-state index in [0.717, 1.165) is 24.2 Å². The number of imide groups is 1. The third-order valence-corrected chi connectivity index (χ3v) is 6.08. The van der Waals surface area contributed by atoms with E-state index in [9.17, 15) is 19.2 Å². The zero-order valence-electron chi connectivity index (χ0n) is 16.5. The number of hydrogen-bond acceptors (Lipinski definition) is 4. The number of likely N-dealkylation sites (N-methyl/N-ethyl adjacent to an activating group) is 1. The highest BCUT2D eigenvalue weighted by Crippen LogP contribution is 2.38. The first-order valence-corrected chi connectivity index (χ1v) is 10.0. The number of benzene rings is 1. The second kappa shape index (κ2) is 8.41. The van der Waals surface area contributed by atoms with Crippen LogP contribution < -0.4 is 10.6 Å². The van der Waals surface area contributed by atoms with Crippen molar-refractivity contribution in [3.63, 3.8) is 0 Å². The summed E-state index contributed by atoms with van der Waals surface area (Å²) in [7, 11) is 1.45. The van der Waals surface area contributed by atoms with E-state index in [4.69, 9.17) is 11.6 Å². The van der Waals surface area contributed by atoms with Gasteiger partial charge >= 0.3 is 6.03 Å². The fraction of sp³-hybridized carbons (Fsp3) is 0.500. The normalized spacial score (nSPS) is 23.8.